The fourth-order valence-electron chi connectivity index (χ4n) is 2.62. The van der Waals surface area contributed by atoms with E-state index in [1.165, 1.54) is 5.56 Å². The second-order valence-electron chi connectivity index (χ2n) is 5.15. The Morgan fingerprint density at radius 2 is 2.05 bits per heavy atom. The number of rotatable bonds is 4. The molecule has 1 aliphatic carbocycles. The van der Waals surface area contributed by atoms with Crippen LogP contribution in [0.15, 0.2) is 23.4 Å². The molecule has 0 radical (unpaired) electrons. The Kier molecular flexibility index (Phi) is 4.59. The smallest absolute Gasteiger partial charge is 0.400 e. The van der Waals surface area contributed by atoms with Gasteiger partial charge < -0.3 is 16.3 Å². The number of hydrogen-bond acceptors (Lipinski definition) is 3. The van der Waals surface area contributed by atoms with Gasteiger partial charge in [0.05, 0.1) is 0 Å². The van der Waals surface area contributed by atoms with Crippen molar-refractivity contribution in [3.8, 4) is 0 Å². The molecule has 1 aromatic rings. The third kappa shape index (κ3) is 3.59. The van der Waals surface area contributed by atoms with Gasteiger partial charge in [-0.3, -0.25) is 0 Å². The Morgan fingerprint density at radius 1 is 1.33 bits per heavy atom. The van der Waals surface area contributed by atoms with Crippen LogP contribution in [0, 0.1) is 5.92 Å². The van der Waals surface area contributed by atoms with E-state index in [-0.39, 0.29) is 0 Å². The molecule has 1 atom stereocenters. The number of fused-ring (bicyclic) bond motifs is 1. The first-order chi connectivity index (χ1) is 9.93. The number of nitrogens with zero attached hydrogens (tertiary/aromatic N) is 1. The maximum Gasteiger partial charge on any atom is 0.400 e. The first-order valence-electron chi connectivity index (χ1n) is 6.82. The number of nitrogens with two attached hydrogens (primary N) is 1. The predicted octanol–water partition coefficient (Wildman–Crippen LogP) is 2.90. The van der Waals surface area contributed by atoms with Crippen molar-refractivity contribution in [3.63, 3.8) is 0 Å². The van der Waals surface area contributed by atoms with E-state index in [9.17, 15) is 13.2 Å². The Hall–Kier alpha value is -1.92. The van der Waals surface area contributed by atoms with Gasteiger partial charge in [0.1, 0.15) is 5.92 Å². The zero-order chi connectivity index (χ0) is 15.5. The van der Waals surface area contributed by atoms with E-state index >= 15 is 0 Å². The summed E-state index contributed by atoms with van der Waals surface area (Å²) in [5.74, 6) is -2.85. The predicted molar refractivity (Wildman–Crippen MR) is 74.5 cm³/mol. The largest absolute Gasteiger partial charge is 0.409 e. The molecule has 0 saturated heterocycles. The van der Waals surface area contributed by atoms with Gasteiger partial charge >= 0.3 is 6.18 Å². The van der Waals surface area contributed by atoms with Crippen LogP contribution in [-0.4, -0.2) is 23.8 Å². The summed E-state index contributed by atoms with van der Waals surface area (Å²) in [6, 6.07) is 5.60. The molecule has 2 rings (SSSR count). The molecule has 21 heavy (non-hydrogen) atoms. The minimum atomic E-state index is -4.56. The third-order valence-corrected chi connectivity index (χ3v) is 3.76. The molecule has 116 valence electrons. The van der Waals surface area contributed by atoms with Crippen LogP contribution in [0.3, 0.4) is 0 Å². The van der Waals surface area contributed by atoms with E-state index in [2.05, 4.69) is 10.5 Å². The quantitative estimate of drug-likeness (QED) is 0.346. The van der Waals surface area contributed by atoms with Gasteiger partial charge in [0.2, 0.25) is 0 Å². The van der Waals surface area contributed by atoms with Crippen molar-refractivity contribution in [3.05, 3.63) is 29.3 Å². The molecular formula is C14H18F3N3O. The number of anilines is 1. The number of benzene rings is 1. The van der Waals surface area contributed by atoms with Crippen LogP contribution in [-0.2, 0) is 12.8 Å². The second kappa shape index (κ2) is 6.24. The standard InChI is InChI=1S/C14H18F3N3O/c15-14(16,17)11(13(18)20-21)8-19-12-7-3-5-9-4-1-2-6-10(9)12/h3,5,7,11,19,21H,1-2,4,6,8H2,(H2,18,20). The molecule has 0 bridgehead atoms. The number of aryl methyl sites for hydroxylation is 1. The Labute approximate surface area is 120 Å². The number of halogens is 3. The molecule has 4 N–H and O–H groups in total. The lowest BCUT2D eigenvalue weighted by Gasteiger charge is -2.23. The first kappa shape index (κ1) is 15.5. The minimum Gasteiger partial charge on any atom is -0.409 e. The van der Waals surface area contributed by atoms with Crippen molar-refractivity contribution in [1.29, 1.82) is 0 Å². The van der Waals surface area contributed by atoms with Crippen LogP contribution in [0.5, 0.6) is 0 Å². The first-order valence-corrected chi connectivity index (χ1v) is 6.82. The monoisotopic (exact) mass is 301 g/mol. The molecule has 1 aliphatic rings. The Balaban J connectivity index is 2.15. The normalized spacial score (nSPS) is 17.2. The van der Waals surface area contributed by atoms with Gasteiger partial charge in [-0.2, -0.15) is 13.2 Å². The zero-order valence-corrected chi connectivity index (χ0v) is 11.5. The van der Waals surface area contributed by atoms with Gasteiger partial charge in [-0.1, -0.05) is 17.3 Å². The Morgan fingerprint density at radius 3 is 2.71 bits per heavy atom. The van der Waals surface area contributed by atoms with Gasteiger partial charge in [-0.15, -0.1) is 0 Å². The third-order valence-electron chi connectivity index (χ3n) is 3.76. The van der Waals surface area contributed by atoms with Gasteiger partial charge in [-0.25, -0.2) is 0 Å². The molecule has 0 fully saturated rings. The summed E-state index contributed by atoms with van der Waals surface area (Å²) < 4.78 is 38.7. The highest BCUT2D eigenvalue weighted by molar-refractivity contribution is 5.83. The number of amidine groups is 1. The summed E-state index contributed by atoms with van der Waals surface area (Å²) in [4.78, 5) is 0. The molecular weight excluding hydrogens is 283 g/mol. The number of hydrogen-bond donors (Lipinski definition) is 3. The van der Waals surface area contributed by atoms with Crippen LogP contribution in [0.25, 0.3) is 0 Å². The van der Waals surface area contributed by atoms with Gasteiger partial charge in [-0.05, 0) is 42.9 Å². The highest BCUT2D eigenvalue weighted by Gasteiger charge is 2.42. The molecule has 0 spiro atoms. The molecule has 0 saturated carbocycles. The van der Waals surface area contributed by atoms with E-state index in [4.69, 9.17) is 10.9 Å². The van der Waals surface area contributed by atoms with Gasteiger partial charge in [0.15, 0.2) is 5.84 Å². The highest BCUT2D eigenvalue weighted by Crippen LogP contribution is 2.30. The number of nitrogens with one attached hydrogen (secondary N) is 1. The van der Waals surface area contributed by atoms with Crippen molar-refractivity contribution < 1.29 is 18.4 Å². The summed E-state index contributed by atoms with van der Waals surface area (Å²) in [5.41, 5.74) is 8.10. The highest BCUT2D eigenvalue weighted by atomic mass is 19.4. The van der Waals surface area contributed by atoms with Crippen LogP contribution < -0.4 is 11.1 Å². The zero-order valence-electron chi connectivity index (χ0n) is 11.5. The van der Waals surface area contributed by atoms with Crippen LogP contribution in [0.4, 0.5) is 18.9 Å². The fraction of sp³-hybridized carbons (Fsp3) is 0.500. The molecule has 0 heterocycles. The lowest BCUT2D eigenvalue weighted by atomic mass is 9.90. The van der Waals surface area contributed by atoms with E-state index in [1.807, 2.05) is 12.1 Å². The van der Waals surface area contributed by atoms with Crippen LogP contribution >= 0.6 is 0 Å². The lowest BCUT2D eigenvalue weighted by molar-refractivity contribution is -0.152. The average Bonchev–Trinajstić information content (AvgIpc) is 2.46. The van der Waals surface area contributed by atoms with Crippen molar-refractivity contribution in [2.45, 2.75) is 31.9 Å². The molecule has 4 nitrogen and oxygen atoms in total. The van der Waals surface area contributed by atoms with Crippen LogP contribution in [0.1, 0.15) is 24.0 Å². The number of alkyl halides is 3. The van der Waals surface area contributed by atoms with Gasteiger partial charge in [0, 0.05) is 12.2 Å². The second-order valence-corrected chi connectivity index (χ2v) is 5.15. The molecule has 0 amide bonds. The fourth-order valence-corrected chi connectivity index (χ4v) is 2.62. The Bertz CT molecular complexity index is 529. The summed E-state index contributed by atoms with van der Waals surface area (Å²) >= 11 is 0. The minimum absolute atomic E-state index is 0.449. The van der Waals surface area contributed by atoms with E-state index in [1.54, 1.807) is 6.07 Å². The maximum absolute atomic E-state index is 12.9. The summed E-state index contributed by atoms with van der Waals surface area (Å²) in [6.45, 7) is -0.449. The van der Waals surface area contributed by atoms with Crippen molar-refractivity contribution in [2.75, 3.05) is 11.9 Å². The topological polar surface area (TPSA) is 70.6 Å². The summed E-state index contributed by atoms with van der Waals surface area (Å²) in [5, 5.41) is 13.8. The van der Waals surface area contributed by atoms with Crippen molar-refractivity contribution in [1.82, 2.24) is 0 Å². The maximum atomic E-state index is 12.9. The van der Waals surface area contributed by atoms with Crippen molar-refractivity contribution in [2.24, 2.45) is 16.8 Å². The van der Waals surface area contributed by atoms with E-state index in [0.717, 1.165) is 31.2 Å². The summed E-state index contributed by atoms with van der Waals surface area (Å²) in [6.07, 6.45) is -0.606. The average molecular weight is 301 g/mol. The van der Waals surface area contributed by atoms with Crippen LogP contribution in [0.2, 0.25) is 0 Å². The molecule has 0 aliphatic heterocycles. The molecule has 1 aromatic carbocycles. The molecule has 1 unspecified atom stereocenters. The number of oxime groups is 1. The lowest BCUT2D eigenvalue weighted by Crippen LogP contribution is -2.40. The SMILES string of the molecule is N/C(=N/O)C(CNc1cccc2c1CCCC2)C(F)(F)F. The summed E-state index contributed by atoms with van der Waals surface area (Å²) in [7, 11) is 0. The van der Waals surface area contributed by atoms with E-state index < -0.39 is 24.5 Å². The molecule has 0 aromatic heterocycles. The van der Waals surface area contributed by atoms with Crippen molar-refractivity contribution >= 4 is 11.5 Å². The van der Waals surface area contributed by atoms with Gasteiger partial charge in [0.25, 0.3) is 0 Å². The van der Waals surface area contributed by atoms with E-state index in [0.29, 0.717) is 5.69 Å². The molecule has 7 heteroatoms.